The lowest BCUT2D eigenvalue weighted by atomic mass is 10.1. The summed E-state index contributed by atoms with van der Waals surface area (Å²) >= 11 is 0. The van der Waals surface area contributed by atoms with Crippen LogP contribution in [0.2, 0.25) is 0 Å². The van der Waals surface area contributed by atoms with Gasteiger partial charge in [-0.3, -0.25) is 9.35 Å². The molecule has 0 spiro atoms. The van der Waals surface area contributed by atoms with Crippen molar-refractivity contribution in [3.8, 4) is 11.1 Å². The summed E-state index contributed by atoms with van der Waals surface area (Å²) in [5, 5.41) is 0. The molecule has 3 N–H and O–H groups in total. The molecule has 100 valence electrons. The zero-order chi connectivity index (χ0) is 14.2. The van der Waals surface area contributed by atoms with E-state index < -0.39 is 10.1 Å². The highest BCUT2D eigenvalue weighted by Crippen LogP contribution is 2.22. The zero-order valence-electron chi connectivity index (χ0n) is 10.1. The molecule has 2 rings (SSSR count). The van der Waals surface area contributed by atoms with E-state index in [0.717, 1.165) is 0 Å². The fourth-order valence-corrected chi connectivity index (χ4v) is 2.26. The van der Waals surface area contributed by atoms with Crippen LogP contribution in [0, 0.1) is 0 Å². The van der Waals surface area contributed by atoms with Crippen LogP contribution in [0.1, 0.15) is 0 Å². The van der Waals surface area contributed by atoms with Gasteiger partial charge >= 0.3 is 0 Å². The van der Waals surface area contributed by atoms with Crippen LogP contribution in [0.3, 0.4) is 0 Å². The second-order valence-electron chi connectivity index (χ2n) is 4.10. The molecule has 0 aliphatic carbocycles. The molecule has 0 aliphatic rings. The van der Waals surface area contributed by atoms with Gasteiger partial charge < -0.3 is 10.3 Å². The summed E-state index contributed by atoms with van der Waals surface area (Å²) in [4.78, 5) is 11.3. The number of anilines is 1. The molecule has 0 atom stereocenters. The summed E-state index contributed by atoms with van der Waals surface area (Å²) in [5.41, 5.74) is 6.45. The Hall–Kier alpha value is -2.12. The van der Waals surface area contributed by atoms with E-state index in [9.17, 15) is 13.2 Å². The van der Waals surface area contributed by atoms with Crippen LogP contribution in [0.15, 0.2) is 46.2 Å². The summed E-state index contributed by atoms with van der Waals surface area (Å²) in [6.07, 6.45) is 1.54. The number of hydrogen-bond acceptors (Lipinski definition) is 4. The largest absolute Gasteiger partial charge is 0.394 e. The molecule has 0 radical (unpaired) electrons. The number of nitrogens with zero attached hydrogens (tertiary/aromatic N) is 1. The van der Waals surface area contributed by atoms with Gasteiger partial charge in [0.15, 0.2) is 0 Å². The molecule has 19 heavy (non-hydrogen) atoms. The molecule has 6 nitrogen and oxygen atoms in total. The van der Waals surface area contributed by atoms with E-state index >= 15 is 0 Å². The van der Waals surface area contributed by atoms with Crippen molar-refractivity contribution in [2.45, 2.75) is 4.90 Å². The quantitative estimate of drug-likeness (QED) is 0.795. The van der Waals surface area contributed by atoms with E-state index in [1.807, 2.05) is 0 Å². The van der Waals surface area contributed by atoms with Gasteiger partial charge in [0.25, 0.3) is 15.7 Å². The summed E-state index contributed by atoms with van der Waals surface area (Å²) in [6, 6.07) is 7.22. The van der Waals surface area contributed by atoms with Gasteiger partial charge in [-0.1, -0.05) is 12.1 Å². The Kier molecular flexibility index (Phi) is 3.17. The molecule has 7 heteroatoms. The van der Waals surface area contributed by atoms with Crippen LogP contribution in [0.5, 0.6) is 0 Å². The molecular formula is C12H12N2O4S. The normalized spacial score (nSPS) is 11.5. The number of nitrogen functional groups attached to an aromatic ring is 1. The maximum Gasteiger partial charge on any atom is 0.294 e. The number of nitrogens with two attached hydrogens (primary N) is 1. The van der Waals surface area contributed by atoms with Crippen LogP contribution in [-0.4, -0.2) is 17.5 Å². The third-order valence-electron chi connectivity index (χ3n) is 2.68. The summed E-state index contributed by atoms with van der Waals surface area (Å²) in [6.45, 7) is 0. The van der Waals surface area contributed by atoms with Gasteiger partial charge in [-0.05, 0) is 23.8 Å². The number of pyridine rings is 1. The van der Waals surface area contributed by atoms with Crippen LogP contribution in [-0.2, 0) is 17.2 Å². The first-order valence-corrected chi connectivity index (χ1v) is 6.77. The molecule has 0 fully saturated rings. The maximum atomic E-state index is 11.5. The van der Waals surface area contributed by atoms with Gasteiger partial charge in [-0.2, -0.15) is 8.42 Å². The maximum absolute atomic E-state index is 11.5. The minimum absolute atomic E-state index is 0.0669. The predicted molar refractivity (Wildman–Crippen MR) is 71.3 cm³/mol. The third-order valence-corrected chi connectivity index (χ3v) is 3.53. The highest BCUT2D eigenvalue weighted by molar-refractivity contribution is 7.85. The van der Waals surface area contributed by atoms with Crippen molar-refractivity contribution in [2.75, 3.05) is 5.73 Å². The van der Waals surface area contributed by atoms with E-state index in [4.69, 9.17) is 10.3 Å². The highest BCUT2D eigenvalue weighted by Gasteiger charge is 2.11. The predicted octanol–water partition coefficient (Wildman–Crippen LogP) is 0.881. The lowest BCUT2D eigenvalue weighted by Gasteiger charge is -2.07. The van der Waals surface area contributed by atoms with Crippen molar-refractivity contribution in [1.29, 1.82) is 0 Å². The second-order valence-corrected chi connectivity index (χ2v) is 5.52. The van der Waals surface area contributed by atoms with E-state index in [1.165, 1.54) is 28.8 Å². The lowest BCUT2D eigenvalue weighted by molar-refractivity contribution is 0.483. The number of aromatic nitrogens is 1. The smallest absolute Gasteiger partial charge is 0.294 e. The molecule has 1 aromatic carbocycles. The SMILES string of the molecule is Cn1cc(-c2cccc(S(=O)(=O)O)c2)cc(N)c1=O. The molecular weight excluding hydrogens is 268 g/mol. The van der Waals surface area contributed by atoms with Gasteiger partial charge in [-0.15, -0.1) is 0 Å². The van der Waals surface area contributed by atoms with Crippen molar-refractivity contribution >= 4 is 15.8 Å². The van der Waals surface area contributed by atoms with Crippen LogP contribution >= 0.6 is 0 Å². The highest BCUT2D eigenvalue weighted by atomic mass is 32.2. The molecule has 0 unspecified atom stereocenters. The minimum atomic E-state index is -4.26. The Bertz CT molecular complexity index is 767. The lowest BCUT2D eigenvalue weighted by Crippen LogP contribution is -2.19. The molecule has 0 saturated heterocycles. The van der Waals surface area contributed by atoms with E-state index in [-0.39, 0.29) is 16.1 Å². The van der Waals surface area contributed by atoms with Crippen LogP contribution in [0.25, 0.3) is 11.1 Å². The van der Waals surface area contributed by atoms with Crippen LogP contribution < -0.4 is 11.3 Å². The first-order valence-electron chi connectivity index (χ1n) is 5.33. The van der Waals surface area contributed by atoms with E-state index in [1.54, 1.807) is 19.3 Å². The van der Waals surface area contributed by atoms with Crippen molar-refractivity contribution in [2.24, 2.45) is 7.05 Å². The fraction of sp³-hybridized carbons (Fsp3) is 0.0833. The Labute approximate surface area is 109 Å². The third kappa shape index (κ3) is 2.67. The van der Waals surface area contributed by atoms with Crippen molar-refractivity contribution in [1.82, 2.24) is 4.57 Å². The summed E-state index contributed by atoms with van der Waals surface area (Å²) in [5.74, 6) is 0. The second kappa shape index (κ2) is 4.52. The minimum Gasteiger partial charge on any atom is -0.394 e. The van der Waals surface area contributed by atoms with Gasteiger partial charge in [0.2, 0.25) is 0 Å². The van der Waals surface area contributed by atoms with E-state index in [2.05, 4.69) is 0 Å². The Balaban J connectivity index is 2.63. The molecule has 1 aromatic heterocycles. The number of aryl methyl sites for hydroxylation is 1. The molecule has 0 saturated carbocycles. The van der Waals surface area contributed by atoms with Gasteiger partial charge in [0, 0.05) is 18.8 Å². The monoisotopic (exact) mass is 280 g/mol. The Morgan fingerprint density at radius 3 is 2.47 bits per heavy atom. The molecule has 1 heterocycles. The molecule has 0 bridgehead atoms. The van der Waals surface area contributed by atoms with Gasteiger partial charge in [0.05, 0.1) is 10.6 Å². The number of rotatable bonds is 2. The van der Waals surface area contributed by atoms with Gasteiger partial charge in [0.1, 0.15) is 0 Å². The first-order chi connectivity index (χ1) is 8.79. The fourth-order valence-electron chi connectivity index (χ4n) is 1.73. The van der Waals surface area contributed by atoms with Gasteiger partial charge in [-0.25, -0.2) is 0 Å². The Morgan fingerprint density at radius 1 is 1.21 bits per heavy atom. The van der Waals surface area contributed by atoms with Crippen molar-refractivity contribution < 1.29 is 13.0 Å². The molecule has 0 amide bonds. The summed E-state index contributed by atoms with van der Waals surface area (Å²) < 4.78 is 32.5. The zero-order valence-corrected chi connectivity index (χ0v) is 10.9. The average molecular weight is 280 g/mol. The van der Waals surface area contributed by atoms with E-state index in [0.29, 0.717) is 11.1 Å². The first kappa shape index (κ1) is 13.3. The summed E-state index contributed by atoms with van der Waals surface area (Å²) in [7, 11) is -2.71. The standard InChI is InChI=1S/C12H12N2O4S/c1-14-7-9(6-11(13)12(14)15)8-3-2-4-10(5-8)19(16,17)18/h2-7H,13H2,1H3,(H,16,17,18). The van der Waals surface area contributed by atoms with Crippen molar-refractivity contribution in [3.05, 3.63) is 46.9 Å². The molecule has 0 aliphatic heterocycles. The molecule has 2 aromatic rings. The Morgan fingerprint density at radius 2 is 1.89 bits per heavy atom. The number of benzene rings is 1. The number of hydrogen-bond donors (Lipinski definition) is 2. The van der Waals surface area contributed by atoms with Crippen LogP contribution in [0.4, 0.5) is 5.69 Å². The topological polar surface area (TPSA) is 102 Å². The van der Waals surface area contributed by atoms with Crippen molar-refractivity contribution in [3.63, 3.8) is 0 Å². The average Bonchev–Trinajstić information content (AvgIpc) is 2.34.